The van der Waals surface area contributed by atoms with Gasteiger partial charge in [0, 0.05) is 23.5 Å². The largest absolute Gasteiger partial charge is 0.438 e. The first kappa shape index (κ1) is 21.5. The molecule has 6 nitrogen and oxygen atoms in total. The van der Waals surface area contributed by atoms with Crippen molar-refractivity contribution in [3.05, 3.63) is 83.6 Å². The Morgan fingerprint density at radius 1 is 1.19 bits per heavy atom. The number of nitriles is 1. The van der Waals surface area contributed by atoms with Crippen LogP contribution in [0.25, 0.3) is 6.08 Å². The Bertz CT molecular complexity index is 1160. The van der Waals surface area contributed by atoms with E-state index in [1.165, 1.54) is 24.4 Å². The van der Waals surface area contributed by atoms with Gasteiger partial charge in [-0.25, -0.2) is 4.98 Å². The Balaban J connectivity index is 1.69. The summed E-state index contributed by atoms with van der Waals surface area (Å²) < 4.78 is 35.1. The number of ether oxygens (including phenoxy) is 2. The number of halogens is 2. The van der Waals surface area contributed by atoms with Crippen LogP contribution in [0.1, 0.15) is 16.7 Å². The van der Waals surface area contributed by atoms with Crippen LogP contribution in [-0.2, 0) is 4.79 Å². The second-order valence-corrected chi connectivity index (χ2v) is 6.29. The van der Waals surface area contributed by atoms with Crippen molar-refractivity contribution >= 4 is 17.7 Å². The Labute approximate surface area is 177 Å². The average molecular weight is 421 g/mol. The van der Waals surface area contributed by atoms with E-state index in [9.17, 15) is 13.6 Å². The number of carbonyl (C=O) groups excluding carboxylic acids is 1. The lowest BCUT2D eigenvalue weighted by molar-refractivity contribution is -0.111. The molecule has 3 aromatic rings. The van der Waals surface area contributed by atoms with Crippen molar-refractivity contribution in [2.75, 3.05) is 5.32 Å². The number of nitrogens with zero attached hydrogens (tertiary/aromatic N) is 2. The van der Waals surface area contributed by atoms with Crippen molar-refractivity contribution in [2.45, 2.75) is 13.5 Å². The number of para-hydroxylation sites is 1. The fourth-order valence-electron chi connectivity index (χ4n) is 2.67. The highest BCUT2D eigenvalue weighted by atomic mass is 19.3. The van der Waals surface area contributed by atoms with Crippen LogP contribution >= 0.6 is 0 Å². The topological polar surface area (TPSA) is 84.2 Å². The van der Waals surface area contributed by atoms with Gasteiger partial charge >= 0.3 is 6.61 Å². The summed E-state index contributed by atoms with van der Waals surface area (Å²) in [7, 11) is 0. The third-order valence-electron chi connectivity index (χ3n) is 4.11. The Kier molecular flexibility index (Phi) is 6.91. The van der Waals surface area contributed by atoms with Crippen LogP contribution in [0.15, 0.2) is 66.9 Å². The minimum atomic E-state index is -2.96. The van der Waals surface area contributed by atoms with Gasteiger partial charge < -0.3 is 14.8 Å². The number of nitrogens with one attached hydrogen (secondary N) is 1. The normalized spacial score (nSPS) is 10.7. The maximum atomic E-state index is 12.5. The van der Waals surface area contributed by atoms with Crippen LogP contribution in [0, 0.1) is 18.3 Å². The van der Waals surface area contributed by atoms with Gasteiger partial charge in [-0.15, -0.1) is 0 Å². The van der Waals surface area contributed by atoms with Crippen LogP contribution in [-0.4, -0.2) is 17.5 Å². The van der Waals surface area contributed by atoms with Crippen molar-refractivity contribution in [3.8, 4) is 23.4 Å². The van der Waals surface area contributed by atoms with E-state index in [4.69, 9.17) is 10.00 Å². The first-order chi connectivity index (χ1) is 15.0. The van der Waals surface area contributed by atoms with E-state index in [1.54, 1.807) is 55.5 Å². The Morgan fingerprint density at radius 2 is 2.00 bits per heavy atom. The summed E-state index contributed by atoms with van der Waals surface area (Å²) in [6, 6.07) is 16.4. The molecular formula is C23H17F2N3O3. The molecule has 0 saturated heterocycles. The second-order valence-electron chi connectivity index (χ2n) is 6.29. The maximum absolute atomic E-state index is 12.5. The molecule has 0 spiro atoms. The summed E-state index contributed by atoms with van der Waals surface area (Å²) in [4.78, 5) is 16.3. The van der Waals surface area contributed by atoms with Gasteiger partial charge in [-0.05, 0) is 55.0 Å². The molecule has 0 bridgehead atoms. The number of anilines is 1. The standard InChI is InChI=1S/C23H17F2N3O3/c1-15-13-18(30-22-17(14-26)6-4-12-27-22)9-10-19(15)28-21(29)11-8-16-5-2-3-7-20(16)31-23(24)25/h2-13,23H,1H3,(H,28,29)/b11-8+. The first-order valence-electron chi connectivity index (χ1n) is 9.13. The third-order valence-corrected chi connectivity index (χ3v) is 4.11. The quantitative estimate of drug-likeness (QED) is 0.523. The summed E-state index contributed by atoms with van der Waals surface area (Å²) in [5, 5.41) is 11.8. The number of benzene rings is 2. The number of rotatable bonds is 7. The predicted octanol–water partition coefficient (Wildman–Crippen LogP) is 5.31. The fraction of sp³-hybridized carbons (Fsp3) is 0.0870. The van der Waals surface area contributed by atoms with Crippen molar-refractivity contribution in [3.63, 3.8) is 0 Å². The monoisotopic (exact) mass is 421 g/mol. The van der Waals surface area contributed by atoms with Gasteiger partial charge in [0.2, 0.25) is 11.8 Å². The molecule has 1 N–H and O–H groups in total. The summed E-state index contributed by atoms with van der Waals surface area (Å²) in [5.41, 5.74) is 1.91. The number of alkyl halides is 2. The molecule has 0 aliphatic carbocycles. The zero-order chi connectivity index (χ0) is 22.2. The molecule has 0 aliphatic rings. The minimum Gasteiger partial charge on any atom is -0.438 e. The molecule has 0 unspecified atom stereocenters. The number of hydrogen-bond donors (Lipinski definition) is 1. The van der Waals surface area contributed by atoms with Crippen LogP contribution < -0.4 is 14.8 Å². The summed E-state index contributed by atoms with van der Waals surface area (Å²) >= 11 is 0. The molecule has 2 aromatic carbocycles. The maximum Gasteiger partial charge on any atom is 0.387 e. The van der Waals surface area contributed by atoms with E-state index >= 15 is 0 Å². The molecule has 0 saturated carbocycles. The molecule has 0 fully saturated rings. The third kappa shape index (κ3) is 5.87. The highest BCUT2D eigenvalue weighted by molar-refractivity contribution is 6.02. The van der Waals surface area contributed by atoms with Crippen molar-refractivity contribution in [1.82, 2.24) is 4.98 Å². The van der Waals surface area contributed by atoms with Crippen LogP contribution in [0.2, 0.25) is 0 Å². The van der Waals surface area contributed by atoms with Gasteiger partial charge in [0.1, 0.15) is 23.1 Å². The lowest BCUT2D eigenvalue weighted by atomic mass is 10.1. The summed E-state index contributed by atoms with van der Waals surface area (Å²) in [6.45, 7) is -1.18. The van der Waals surface area contributed by atoms with Crippen LogP contribution in [0.5, 0.6) is 17.4 Å². The molecule has 0 atom stereocenters. The van der Waals surface area contributed by atoms with Crippen molar-refractivity contribution in [1.29, 1.82) is 5.26 Å². The summed E-state index contributed by atoms with van der Waals surface area (Å²) in [6.07, 6.45) is 4.14. The molecule has 156 valence electrons. The van der Waals surface area contributed by atoms with Crippen LogP contribution in [0.3, 0.4) is 0 Å². The van der Waals surface area contributed by atoms with Gasteiger partial charge in [0.05, 0.1) is 0 Å². The number of pyridine rings is 1. The number of aromatic nitrogens is 1. The van der Waals surface area contributed by atoms with Gasteiger partial charge in [0.25, 0.3) is 0 Å². The molecule has 1 heterocycles. The molecule has 3 rings (SSSR count). The summed E-state index contributed by atoms with van der Waals surface area (Å²) in [5.74, 6) is 0.179. The Hall–Kier alpha value is -4.25. The van der Waals surface area contributed by atoms with Crippen molar-refractivity contribution < 1.29 is 23.0 Å². The van der Waals surface area contributed by atoms with Gasteiger partial charge in [-0.2, -0.15) is 14.0 Å². The van der Waals surface area contributed by atoms with E-state index in [0.717, 1.165) is 5.56 Å². The Morgan fingerprint density at radius 3 is 2.74 bits per heavy atom. The molecule has 0 radical (unpaired) electrons. The number of carbonyl (C=O) groups is 1. The second kappa shape index (κ2) is 9.98. The van der Waals surface area contributed by atoms with Crippen LogP contribution in [0.4, 0.5) is 14.5 Å². The van der Waals surface area contributed by atoms with Crippen molar-refractivity contribution in [2.24, 2.45) is 0 Å². The SMILES string of the molecule is Cc1cc(Oc2ncccc2C#N)ccc1NC(=O)/C=C/c1ccccc1OC(F)F. The number of aryl methyl sites for hydroxylation is 1. The minimum absolute atomic E-state index is 0.0227. The number of hydrogen-bond acceptors (Lipinski definition) is 5. The smallest absolute Gasteiger partial charge is 0.387 e. The molecule has 0 aliphatic heterocycles. The zero-order valence-electron chi connectivity index (χ0n) is 16.4. The van der Waals surface area contributed by atoms with E-state index in [-0.39, 0.29) is 11.6 Å². The van der Waals surface area contributed by atoms with E-state index in [1.807, 2.05) is 6.07 Å². The van der Waals surface area contributed by atoms with Gasteiger partial charge in [0.15, 0.2) is 0 Å². The predicted molar refractivity (Wildman–Crippen MR) is 111 cm³/mol. The molecule has 31 heavy (non-hydrogen) atoms. The van der Waals surface area contributed by atoms with E-state index in [0.29, 0.717) is 22.6 Å². The van der Waals surface area contributed by atoms with E-state index in [2.05, 4.69) is 15.0 Å². The van der Waals surface area contributed by atoms with E-state index < -0.39 is 12.5 Å². The highest BCUT2D eigenvalue weighted by Crippen LogP contribution is 2.27. The first-order valence-corrected chi connectivity index (χ1v) is 9.13. The molecule has 1 amide bonds. The lowest BCUT2D eigenvalue weighted by Crippen LogP contribution is -2.09. The highest BCUT2D eigenvalue weighted by Gasteiger charge is 2.09. The van der Waals surface area contributed by atoms with Gasteiger partial charge in [-0.3, -0.25) is 4.79 Å². The lowest BCUT2D eigenvalue weighted by Gasteiger charge is -2.10. The molecule has 1 aromatic heterocycles. The van der Waals surface area contributed by atoms with Gasteiger partial charge in [-0.1, -0.05) is 18.2 Å². The zero-order valence-corrected chi connectivity index (χ0v) is 16.4. The fourth-order valence-corrected chi connectivity index (χ4v) is 2.67. The average Bonchev–Trinajstić information content (AvgIpc) is 2.75. The molecular weight excluding hydrogens is 404 g/mol. The number of amides is 1. The molecule has 8 heteroatoms.